The minimum absolute atomic E-state index is 0.279. The van der Waals surface area contributed by atoms with Crippen LogP contribution in [0.4, 0.5) is 0 Å². The summed E-state index contributed by atoms with van der Waals surface area (Å²) in [5.41, 5.74) is 1.63. The van der Waals surface area contributed by atoms with Crippen LogP contribution in [-0.2, 0) is 0 Å². The van der Waals surface area contributed by atoms with Crippen LogP contribution in [0.1, 0.15) is 11.7 Å². The largest absolute Gasteiger partial charge is 0.494 e. The average molecular weight is 438 g/mol. The van der Waals surface area contributed by atoms with E-state index in [0.717, 1.165) is 48.4 Å². The Balaban J connectivity index is 1.26. The van der Waals surface area contributed by atoms with Gasteiger partial charge < -0.3 is 19.7 Å². The molecule has 0 spiro atoms. The number of methoxy groups -OCH3 is 1. The number of hydrogen-bond donors (Lipinski definition) is 2. The molecule has 4 rings (SSSR count). The average Bonchev–Trinajstić information content (AvgIpc) is 2.83. The monoisotopic (exact) mass is 437 g/mol. The minimum Gasteiger partial charge on any atom is -0.494 e. The molecule has 0 amide bonds. The molecule has 1 aromatic heterocycles. The molecule has 1 unspecified atom stereocenters. The number of aliphatic hydroxyl groups excluding tert-OH is 2. The number of pyridine rings is 1. The number of aromatic nitrogens is 1. The van der Waals surface area contributed by atoms with Gasteiger partial charge in [-0.25, -0.2) is 0 Å². The predicted octanol–water partition coefficient (Wildman–Crippen LogP) is 2.33. The lowest BCUT2D eigenvalue weighted by Crippen LogP contribution is -2.50. The number of benzene rings is 2. The van der Waals surface area contributed by atoms with Crippen molar-refractivity contribution >= 4 is 10.9 Å². The summed E-state index contributed by atoms with van der Waals surface area (Å²) in [4.78, 5) is 8.93. The summed E-state index contributed by atoms with van der Waals surface area (Å²) < 4.78 is 11.1. The van der Waals surface area contributed by atoms with E-state index in [2.05, 4.69) is 14.8 Å². The standard InChI is InChI=1S/C25H31N3O4/c1-31-24-9-5-8-22-21(10-11-26-25(22)24)23(30)17-28-14-12-27(13-15-28)16-19(29)18-32-20-6-3-2-4-7-20/h2-11,19,23,29-30H,12-18H2,1H3/t19?,23-/m1/s1. The molecule has 3 aromatic rings. The third-order valence-corrected chi connectivity index (χ3v) is 5.90. The Labute approximate surface area is 188 Å². The number of nitrogens with zero attached hydrogens (tertiary/aromatic N) is 3. The van der Waals surface area contributed by atoms with Gasteiger partial charge in [0.05, 0.1) is 13.2 Å². The second-order valence-corrected chi connectivity index (χ2v) is 8.15. The molecule has 7 nitrogen and oxygen atoms in total. The quantitative estimate of drug-likeness (QED) is 0.532. The molecular formula is C25H31N3O4. The zero-order valence-electron chi connectivity index (χ0n) is 18.4. The molecule has 2 heterocycles. The highest BCUT2D eigenvalue weighted by atomic mass is 16.5. The molecule has 1 aliphatic heterocycles. The van der Waals surface area contributed by atoms with Crippen LogP contribution in [0.2, 0.25) is 0 Å². The van der Waals surface area contributed by atoms with Gasteiger partial charge in [-0.1, -0.05) is 30.3 Å². The molecule has 1 aliphatic rings. The van der Waals surface area contributed by atoms with Gasteiger partial charge in [0.1, 0.15) is 29.7 Å². The van der Waals surface area contributed by atoms with Crippen molar-refractivity contribution in [3.63, 3.8) is 0 Å². The van der Waals surface area contributed by atoms with Crippen LogP contribution in [0.15, 0.2) is 60.8 Å². The number of ether oxygens (including phenoxy) is 2. The van der Waals surface area contributed by atoms with Gasteiger partial charge in [0, 0.05) is 50.9 Å². The Morgan fingerprint density at radius 1 is 0.906 bits per heavy atom. The first-order valence-corrected chi connectivity index (χ1v) is 11.0. The van der Waals surface area contributed by atoms with Gasteiger partial charge in [0.15, 0.2) is 0 Å². The van der Waals surface area contributed by atoms with Crippen LogP contribution in [0.5, 0.6) is 11.5 Å². The fourth-order valence-corrected chi connectivity index (χ4v) is 4.18. The highest BCUT2D eigenvalue weighted by molar-refractivity contribution is 5.87. The maximum Gasteiger partial charge on any atom is 0.145 e. The van der Waals surface area contributed by atoms with Gasteiger partial charge in [-0.15, -0.1) is 0 Å². The van der Waals surface area contributed by atoms with Gasteiger partial charge in [0.25, 0.3) is 0 Å². The van der Waals surface area contributed by atoms with Gasteiger partial charge in [-0.2, -0.15) is 0 Å². The Bertz CT molecular complexity index is 993. The summed E-state index contributed by atoms with van der Waals surface area (Å²) in [5.74, 6) is 1.48. The second kappa shape index (κ2) is 10.7. The first-order valence-electron chi connectivity index (χ1n) is 11.0. The summed E-state index contributed by atoms with van der Waals surface area (Å²) in [6, 6.07) is 17.2. The molecule has 0 bridgehead atoms. The Kier molecular flexibility index (Phi) is 7.55. The second-order valence-electron chi connectivity index (χ2n) is 8.15. The summed E-state index contributed by atoms with van der Waals surface area (Å²) in [6.07, 6.45) is 0.579. The minimum atomic E-state index is -0.607. The Morgan fingerprint density at radius 2 is 1.62 bits per heavy atom. The maximum atomic E-state index is 10.9. The van der Waals surface area contributed by atoms with E-state index in [1.54, 1.807) is 13.3 Å². The van der Waals surface area contributed by atoms with Gasteiger partial charge in [-0.3, -0.25) is 14.8 Å². The van der Waals surface area contributed by atoms with Gasteiger partial charge >= 0.3 is 0 Å². The van der Waals surface area contributed by atoms with Crippen molar-refractivity contribution in [2.75, 3.05) is 53.0 Å². The summed E-state index contributed by atoms with van der Waals surface area (Å²) in [5, 5.41) is 22.2. The third-order valence-electron chi connectivity index (χ3n) is 5.90. The third kappa shape index (κ3) is 5.55. The molecule has 2 N–H and O–H groups in total. The van der Waals surface area contributed by atoms with Gasteiger partial charge in [0.2, 0.25) is 0 Å². The smallest absolute Gasteiger partial charge is 0.145 e. The molecule has 0 saturated carbocycles. The molecule has 32 heavy (non-hydrogen) atoms. The fourth-order valence-electron chi connectivity index (χ4n) is 4.18. The number of hydrogen-bond acceptors (Lipinski definition) is 7. The van der Waals surface area contributed by atoms with E-state index in [1.807, 2.05) is 54.6 Å². The lowest BCUT2D eigenvalue weighted by atomic mass is 10.0. The molecule has 1 fully saturated rings. The van der Waals surface area contributed by atoms with E-state index in [-0.39, 0.29) is 6.61 Å². The lowest BCUT2D eigenvalue weighted by Gasteiger charge is -2.36. The Morgan fingerprint density at radius 3 is 2.34 bits per heavy atom. The summed E-state index contributed by atoms with van der Waals surface area (Å²) >= 11 is 0. The number of β-amino-alcohol motifs (C(OH)–C–C–N with tert-alkyl or cyclic N) is 2. The number of aliphatic hydroxyl groups is 2. The first kappa shape index (κ1) is 22.5. The highest BCUT2D eigenvalue weighted by Crippen LogP contribution is 2.29. The molecule has 0 radical (unpaired) electrons. The normalized spacial score (nSPS) is 17.2. The summed E-state index contributed by atoms with van der Waals surface area (Å²) in [6.45, 7) is 4.80. The van der Waals surface area contributed by atoms with Crippen molar-refractivity contribution in [3.8, 4) is 11.5 Å². The first-order chi connectivity index (χ1) is 15.6. The van der Waals surface area contributed by atoms with Crippen LogP contribution in [0, 0.1) is 0 Å². The van der Waals surface area contributed by atoms with Crippen LogP contribution in [-0.4, -0.2) is 84.1 Å². The molecular weight excluding hydrogens is 406 g/mol. The lowest BCUT2D eigenvalue weighted by molar-refractivity contribution is 0.0333. The van der Waals surface area contributed by atoms with Crippen molar-refractivity contribution < 1.29 is 19.7 Å². The highest BCUT2D eigenvalue weighted by Gasteiger charge is 2.23. The van der Waals surface area contributed by atoms with Gasteiger partial charge in [-0.05, 0) is 29.8 Å². The number of fused-ring (bicyclic) bond motifs is 1. The zero-order valence-corrected chi connectivity index (χ0v) is 18.4. The van der Waals surface area contributed by atoms with Crippen molar-refractivity contribution in [2.24, 2.45) is 0 Å². The number of piperazine rings is 1. The molecule has 0 aliphatic carbocycles. The number of para-hydroxylation sites is 2. The van der Waals surface area contributed by atoms with E-state index in [1.165, 1.54) is 0 Å². The van der Waals surface area contributed by atoms with Crippen molar-refractivity contribution in [1.82, 2.24) is 14.8 Å². The predicted molar refractivity (Wildman–Crippen MR) is 124 cm³/mol. The summed E-state index contributed by atoms with van der Waals surface area (Å²) in [7, 11) is 1.63. The fraction of sp³-hybridized carbons (Fsp3) is 0.400. The zero-order chi connectivity index (χ0) is 22.3. The van der Waals surface area contributed by atoms with E-state index in [0.29, 0.717) is 18.8 Å². The molecule has 2 atom stereocenters. The molecule has 1 saturated heterocycles. The van der Waals surface area contributed by atoms with Crippen LogP contribution in [0.3, 0.4) is 0 Å². The topological polar surface area (TPSA) is 78.3 Å². The maximum absolute atomic E-state index is 10.9. The van der Waals surface area contributed by atoms with Crippen LogP contribution < -0.4 is 9.47 Å². The van der Waals surface area contributed by atoms with Crippen molar-refractivity contribution in [2.45, 2.75) is 12.2 Å². The Hall–Kier alpha value is -2.71. The van der Waals surface area contributed by atoms with E-state index in [9.17, 15) is 10.2 Å². The van der Waals surface area contributed by atoms with Crippen LogP contribution >= 0.6 is 0 Å². The van der Waals surface area contributed by atoms with E-state index < -0.39 is 12.2 Å². The molecule has 2 aromatic carbocycles. The van der Waals surface area contributed by atoms with E-state index >= 15 is 0 Å². The van der Waals surface area contributed by atoms with E-state index in [4.69, 9.17) is 9.47 Å². The van der Waals surface area contributed by atoms with Crippen molar-refractivity contribution in [3.05, 3.63) is 66.4 Å². The molecule has 7 heteroatoms. The molecule has 170 valence electrons. The van der Waals surface area contributed by atoms with Crippen molar-refractivity contribution in [1.29, 1.82) is 0 Å². The van der Waals surface area contributed by atoms with Crippen LogP contribution in [0.25, 0.3) is 10.9 Å². The number of rotatable bonds is 9. The SMILES string of the molecule is COc1cccc2c([C@H](O)CN3CCN(CC(O)COc4ccccc4)CC3)ccnc12.